The fraction of sp³-hybridized carbons (Fsp3) is 0.600. The van der Waals surface area contributed by atoms with Crippen molar-refractivity contribution >= 4 is 11.6 Å². The Morgan fingerprint density at radius 2 is 2.50 bits per heavy atom. The van der Waals surface area contributed by atoms with Crippen molar-refractivity contribution in [2.45, 2.75) is 13.3 Å². The lowest BCUT2D eigenvalue weighted by atomic mass is 10.3. The van der Waals surface area contributed by atoms with Gasteiger partial charge < -0.3 is 0 Å². The summed E-state index contributed by atoms with van der Waals surface area (Å²) in [6.45, 7) is 5.64. The highest BCUT2D eigenvalue weighted by Gasteiger charge is 1.77. The average molecular weight is 106 g/mol. The lowest BCUT2D eigenvalue weighted by Gasteiger charge is -1.85. The molecule has 0 atom stereocenters. The molecule has 0 N–H and O–H groups in total. The molecular weight excluding hydrogens is 95.5 g/mol. The first-order valence-electron chi connectivity index (χ1n) is 1.97. The van der Waals surface area contributed by atoms with Gasteiger partial charge in [0.1, 0.15) is 0 Å². The summed E-state index contributed by atoms with van der Waals surface area (Å²) in [4.78, 5) is 0. The quantitative estimate of drug-likeness (QED) is 0.374. The Morgan fingerprint density at radius 3 is 2.50 bits per heavy atom. The van der Waals surface area contributed by atoms with Crippen LogP contribution in [0.1, 0.15) is 14.8 Å². The van der Waals surface area contributed by atoms with E-state index in [1.807, 2.05) is 6.92 Å². The zero-order valence-corrected chi connectivity index (χ0v) is 4.76. The maximum atomic E-state index is 5.34. The van der Waals surface area contributed by atoms with Crippen LogP contribution < -0.4 is 0 Å². The third kappa shape index (κ3) is 4.03. The first kappa shape index (κ1) is 6.03. The van der Waals surface area contributed by atoms with Crippen molar-refractivity contribution in [2.24, 2.45) is 0 Å². The topological polar surface area (TPSA) is 0 Å². The van der Waals surface area contributed by atoms with Gasteiger partial charge in [0.2, 0.25) is 0 Å². The van der Waals surface area contributed by atoms with Crippen LogP contribution in [0.2, 0.25) is 0 Å². The third-order valence-corrected chi connectivity index (χ3v) is 0.710. The van der Waals surface area contributed by atoms with Gasteiger partial charge in [-0.05, 0) is 13.3 Å². The number of hydrogen-bond acceptors (Lipinski definition) is 0. The van der Waals surface area contributed by atoms with Crippen molar-refractivity contribution in [1.82, 2.24) is 0 Å². The molecule has 0 fully saturated rings. The van der Waals surface area contributed by atoms with Crippen molar-refractivity contribution < 1.29 is 1.43 Å². The first-order chi connectivity index (χ1) is 2.77. The Labute approximate surface area is 45.3 Å². The summed E-state index contributed by atoms with van der Waals surface area (Å²) in [5.41, 5.74) is 1.16. The minimum atomic E-state index is 0. The number of alkyl halides is 1. The van der Waals surface area contributed by atoms with E-state index in [2.05, 4.69) is 6.58 Å². The van der Waals surface area contributed by atoms with E-state index < -0.39 is 0 Å². The predicted molar refractivity (Wildman–Crippen MR) is 31.3 cm³/mol. The Kier molecular flexibility index (Phi) is 3.24. The second-order valence-corrected chi connectivity index (χ2v) is 1.77. The van der Waals surface area contributed by atoms with Crippen LogP contribution in [0.15, 0.2) is 12.2 Å². The molecule has 0 saturated carbocycles. The van der Waals surface area contributed by atoms with E-state index in [1.165, 1.54) is 0 Å². The number of allylic oxidation sites excluding steroid dienone is 1. The highest BCUT2D eigenvalue weighted by molar-refractivity contribution is 6.17. The van der Waals surface area contributed by atoms with Gasteiger partial charge in [-0.1, -0.05) is 5.57 Å². The van der Waals surface area contributed by atoms with Crippen LogP contribution in [-0.2, 0) is 0 Å². The molecule has 0 aromatic heterocycles. The molecule has 0 amide bonds. The molecular formula is C5H10Cl+. The fourth-order valence-corrected chi connectivity index (χ4v) is 0.484. The van der Waals surface area contributed by atoms with Crippen LogP contribution in [0, 0.1) is 0 Å². The fourth-order valence-electron chi connectivity index (χ4n) is 0.161. The van der Waals surface area contributed by atoms with Crippen molar-refractivity contribution in [1.29, 1.82) is 0 Å². The van der Waals surface area contributed by atoms with Crippen molar-refractivity contribution in [2.75, 3.05) is 5.88 Å². The van der Waals surface area contributed by atoms with Gasteiger partial charge in [0.25, 0.3) is 0 Å². The molecule has 1 heteroatoms. The van der Waals surface area contributed by atoms with Gasteiger partial charge in [-0.3, -0.25) is 0 Å². The number of rotatable bonds is 2. The molecule has 0 spiro atoms. The summed E-state index contributed by atoms with van der Waals surface area (Å²) >= 11 is 5.34. The zero-order chi connectivity index (χ0) is 4.99. The summed E-state index contributed by atoms with van der Waals surface area (Å²) < 4.78 is 0. The molecule has 0 aliphatic rings. The Hall–Kier alpha value is 0.0300. The Morgan fingerprint density at radius 1 is 2.00 bits per heavy atom. The van der Waals surface area contributed by atoms with Crippen LogP contribution in [0.3, 0.4) is 0 Å². The van der Waals surface area contributed by atoms with E-state index in [9.17, 15) is 0 Å². The standard InChI is InChI=1S/C5H9Cl/c1-5(2)3-4-6/h1,3-4H2,2H3/p+1. The van der Waals surface area contributed by atoms with Gasteiger partial charge in [-0.15, -0.1) is 18.2 Å². The van der Waals surface area contributed by atoms with E-state index in [0.29, 0.717) is 5.88 Å². The Balaban J connectivity index is 0. The van der Waals surface area contributed by atoms with Gasteiger partial charge in [-0.25, -0.2) is 0 Å². The number of hydrogen-bond donors (Lipinski definition) is 0. The van der Waals surface area contributed by atoms with Crippen LogP contribution in [-0.4, -0.2) is 5.88 Å². The molecule has 6 heavy (non-hydrogen) atoms. The summed E-state index contributed by atoms with van der Waals surface area (Å²) in [7, 11) is 0. The predicted octanol–water partition coefficient (Wildman–Crippen LogP) is 2.30. The monoisotopic (exact) mass is 105 g/mol. The summed E-state index contributed by atoms with van der Waals surface area (Å²) in [5, 5.41) is 0. The van der Waals surface area contributed by atoms with Crippen molar-refractivity contribution in [3.63, 3.8) is 0 Å². The lowest BCUT2D eigenvalue weighted by Crippen LogP contribution is -1.71. The highest BCUT2D eigenvalue weighted by Crippen LogP contribution is 1.94. The van der Waals surface area contributed by atoms with Gasteiger partial charge in [0.15, 0.2) is 0 Å². The zero-order valence-electron chi connectivity index (χ0n) is 5.00. The lowest BCUT2D eigenvalue weighted by molar-refractivity contribution is 1.12. The second kappa shape index (κ2) is 3.23. The average Bonchev–Trinajstić information content (AvgIpc) is 1.35. The molecule has 0 radical (unpaired) electrons. The summed E-state index contributed by atoms with van der Waals surface area (Å²) in [5.74, 6) is 0.704. The van der Waals surface area contributed by atoms with Crippen LogP contribution in [0.4, 0.5) is 0 Å². The first-order valence-corrected chi connectivity index (χ1v) is 2.51. The molecule has 0 aliphatic heterocycles. The SMILES string of the molecule is C=C(C)CCCl.[H+]. The minimum absolute atomic E-state index is 0. The van der Waals surface area contributed by atoms with Crippen LogP contribution in [0.5, 0.6) is 0 Å². The highest BCUT2D eigenvalue weighted by atomic mass is 35.5. The molecule has 0 aliphatic carbocycles. The molecule has 0 saturated heterocycles. The van der Waals surface area contributed by atoms with Crippen LogP contribution in [0.25, 0.3) is 0 Å². The minimum Gasteiger partial charge on any atom is -0.126 e. The van der Waals surface area contributed by atoms with Gasteiger partial charge in [0.05, 0.1) is 0 Å². The number of halogens is 1. The normalized spacial score (nSPS) is 8.33. The second-order valence-electron chi connectivity index (χ2n) is 1.40. The van der Waals surface area contributed by atoms with Crippen molar-refractivity contribution in [3.05, 3.63) is 12.2 Å². The van der Waals surface area contributed by atoms with Crippen LogP contribution >= 0.6 is 11.6 Å². The summed E-state index contributed by atoms with van der Waals surface area (Å²) in [6, 6.07) is 0. The van der Waals surface area contributed by atoms with Crippen molar-refractivity contribution in [3.8, 4) is 0 Å². The third-order valence-electron chi connectivity index (χ3n) is 0.521. The smallest absolute Gasteiger partial charge is 0.126 e. The molecule has 0 aromatic rings. The molecule has 36 valence electrons. The molecule has 0 rings (SSSR count). The van der Waals surface area contributed by atoms with E-state index in [4.69, 9.17) is 11.6 Å². The molecule has 0 bridgehead atoms. The van der Waals surface area contributed by atoms with E-state index in [1.54, 1.807) is 0 Å². The van der Waals surface area contributed by atoms with Gasteiger partial charge in [0, 0.05) is 5.88 Å². The molecule has 0 aromatic carbocycles. The largest absolute Gasteiger partial charge is 1.00 e. The Bertz CT molecular complexity index is 52.0. The molecule has 0 nitrogen and oxygen atoms in total. The van der Waals surface area contributed by atoms with E-state index in [-0.39, 0.29) is 1.43 Å². The molecule has 0 unspecified atom stereocenters. The maximum absolute atomic E-state index is 5.34. The van der Waals surface area contributed by atoms with Gasteiger partial charge >= 0.3 is 1.43 Å². The maximum Gasteiger partial charge on any atom is 1.00 e. The van der Waals surface area contributed by atoms with Gasteiger partial charge in [-0.2, -0.15) is 0 Å². The van der Waals surface area contributed by atoms with E-state index >= 15 is 0 Å². The summed E-state index contributed by atoms with van der Waals surface area (Å²) in [6.07, 6.45) is 0.946. The van der Waals surface area contributed by atoms with E-state index in [0.717, 1.165) is 12.0 Å². The molecule has 0 heterocycles.